The molecule has 1 atom stereocenters. The van der Waals surface area contributed by atoms with Crippen molar-refractivity contribution in [3.63, 3.8) is 0 Å². The lowest BCUT2D eigenvalue weighted by Crippen LogP contribution is -2.53. The van der Waals surface area contributed by atoms with Gasteiger partial charge in [0.15, 0.2) is 5.75 Å². The average molecular weight is 571 g/mol. The second-order valence-corrected chi connectivity index (χ2v) is 11.8. The number of carbonyl (C=O) groups is 1. The smallest absolute Gasteiger partial charge is 0.408 e. The summed E-state index contributed by atoms with van der Waals surface area (Å²) in [5, 5.41) is 3.14. The van der Waals surface area contributed by atoms with Gasteiger partial charge >= 0.3 is 6.09 Å². The summed E-state index contributed by atoms with van der Waals surface area (Å²) in [5.41, 5.74) is 1.62. The molecule has 5 rings (SSSR count). The van der Waals surface area contributed by atoms with E-state index < -0.39 is 17.5 Å². The topological polar surface area (TPSA) is 66.8 Å². The largest absolute Gasteiger partial charge is 0.413 e. The quantitative estimate of drug-likeness (QED) is 0.283. The minimum Gasteiger partial charge on any atom is -0.408 e. The van der Waals surface area contributed by atoms with E-state index in [1.54, 1.807) is 12.1 Å². The number of benzene rings is 3. The van der Waals surface area contributed by atoms with Gasteiger partial charge in [0.25, 0.3) is 5.56 Å². The number of hydrogen-bond acceptors (Lipinski definition) is 5. The summed E-state index contributed by atoms with van der Waals surface area (Å²) < 4.78 is 22.9. The molecule has 3 aromatic carbocycles. The Labute approximate surface area is 246 Å². The number of carbonyl (C=O) groups excluding carboxylic acids is 1. The summed E-state index contributed by atoms with van der Waals surface area (Å²) in [6.45, 7) is 12.2. The second-order valence-electron chi connectivity index (χ2n) is 11.8. The summed E-state index contributed by atoms with van der Waals surface area (Å²) in [7, 11) is 0. The Hall–Kier alpha value is -4.01. The van der Waals surface area contributed by atoms with Gasteiger partial charge in [0.2, 0.25) is 0 Å². The predicted octanol–water partition coefficient (Wildman–Crippen LogP) is 6.29. The van der Waals surface area contributed by atoms with Gasteiger partial charge in [-0.05, 0) is 51.0 Å². The van der Waals surface area contributed by atoms with Gasteiger partial charge in [0, 0.05) is 49.3 Å². The summed E-state index contributed by atoms with van der Waals surface area (Å²) >= 11 is 0. The first-order valence-electron chi connectivity index (χ1n) is 14.6. The normalized spacial score (nSPS) is 15.5. The van der Waals surface area contributed by atoms with Crippen LogP contribution in [0.2, 0.25) is 0 Å². The lowest BCUT2D eigenvalue weighted by molar-refractivity contribution is 0.0579. The predicted molar refractivity (Wildman–Crippen MR) is 165 cm³/mol. The van der Waals surface area contributed by atoms with E-state index in [0.29, 0.717) is 24.3 Å². The van der Waals surface area contributed by atoms with Crippen LogP contribution in [0.25, 0.3) is 16.5 Å². The van der Waals surface area contributed by atoms with Crippen molar-refractivity contribution >= 4 is 16.9 Å². The minimum absolute atomic E-state index is 0.0552. The summed E-state index contributed by atoms with van der Waals surface area (Å²) in [6, 6.07) is 23.0. The molecule has 1 saturated heterocycles. The van der Waals surface area contributed by atoms with Gasteiger partial charge in [0.1, 0.15) is 5.82 Å². The van der Waals surface area contributed by atoms with Gasteiger partial charge in [-0.3, -0.25) is 19.2 Å². The van der Waals surface area contributed by atoms with E-state index in [1.807, 2.05) is 67.6 Å². The highest BCUT2D eigenvalue weighted by atomic mass is 19.1. The maximum absolute atomic E-state index is 15.3. The van der Waals surface area contributed by atoms with Crippen LogP contribution < -0.4 is 15.6 Å². The number of hydrogen-bond donors (Lipinski definition) is 1. The molecule has 0 radical (unpaired) electrons. The molecular weight excluding hydrogens is 531 g/mol. The number of nitrogens with one attached hydrogen (secondary N) is 1. The van der Waals surface area contributed by atoms with E-state index in [1.165, 1.54) is 10.6 Å². The molecule has 0 bridgehead atoms. The number of pyridine rings is 1. The van der Waals surface area contributed by atoms with Crippen LogP contribution in [0.15, 0.2) is 83.7 Å². The molecular formula is C34H39FN4O3. The highest BCUT2D eigenvalue weighted by Crippen LogP contribution is 2.33. The van der Waals surface area contributed by atoms with E-state index in [2.05, 4.69) is 35.9 Å². The maximum atomic E-state index is 15.3. The SMILES string of the molecule is CC[C@H](NC(=O)Oc1c(CN2CCN(C(C)(C)C)CC2)n(-c2ccccc2)c(=O)c2c(F)cccc12)c1ccccc1. The maximum Gasteiger partial charge on any atom is 0.413 e. The third-order valence-corrected chi connectivity index (χ3v) is 8.01. The molecule has 2 heterocycles. The first-order chi connectivity index (χ1) is 20.2. The number of nitrogens with zero attached hydrogens (tertiary/aromatic N) is 3. The van der Waals surface area contributed by atoms with Gasteiger partial charge < -0.3 is 10.1 Å². The zero-order valence-corrected chi connectivity index (χ0v) is 24.8. The van der Waals surface area contributed by atoms with Crippen LogP contribution in [0, 0.1) is 5.82 Å². The van der Waals surface area contributed by atoms with Crippen LogP contribution in [-0.4, -0.2) is 52.2 Å². The molecule has 1 fully saturated rings. The van der Waals surface area contributed by atoms with Gasteiger partial charge in [0.05, 0.1) is 17.1 Å². The molecule has 4 aromatic rings. The zero-order valence-electron chi connectivity index (χ0n) is 24.8. The molecule has 0 saturated carbocycles. The molecule has 1 aromatic heterocycles. The molecule has 1 aliphatic heterocycles. The molecule has 8 heteroatoms. The Balaban J connectivity index is 1.60. The van der Waals surface area contributed by atoms with Gasteiger partial charge in [-0.2, -0.15) is 0 Å². The highest BCUT2D eigenvalue weighted by Gasteiger charge is 2.29. The molecule has 0 spiro atoms. The number of piperazine rings is 1. The Morgan fingerprint density at radius 3 is 2.19 bits per heavy atom. The van der Waals surface area contributed by atoms with Crippen molar-refractivity contribution in [3.8, 4) is 11.4 Å². The number of amides is 1. The first kappa shape index (κ1) is 29.5. The van der Waals surface area contributed by atoms with Crippen molar-refractivity contribution < 1.29 is 13.9 Å². The number of rotatable bonds is 7. The lowest BCUT2D eigenvalue weighted by Gasteiger charge is -2.42. The fraction of sp³-hybridized carbons (Fsp3) is 0.353. The Morgan fingerprint density at radius 2 is 1.57 bits per heavy atom. The zero-order chi connectivity index (χ0) is 29.9. The van der Waals surface area contributed by atoms with Crippen LogP contribution in [0.5, 0.6) is 5.75 Å². The van der Waals surface area contributed by atoms with Crippen molar-refractivity contribution in [1.82, 2.24) is 19.7 Å². The van der Waals surface area contributed by atoms with Crippen molar-refractivity contribution in [2.45, 2.75) is 52.2 Å². The van der Waals surface area contributed by atoms with Crippen molar-refractivity contribution in [1.29, 1.82) is 0 Å². The Kier molecular flexibility index (Phi) is 8.75. The van der Waals surface area contributed by atoms with Crippen molar-refractivity contribution in [2.75, 3.05) is 26.2 Å². The summed E-state index contributed by atoms with van der Waals surface area (Å²) in [4.78, 5) is 32.2. The van der Waals surface area contributed by atoms with Crippen LogP contribution in [0.3, 0.4) is 0 Å². The summed E-state index contributed by atoms with van der Waals surface area (Å²) in [5.74, 6) is -0.472. The Bertz CT molecular complexity index is 1590. The summed E-state index contributed by atoms with van der Waals surface area (Å²) in [6.07, 6.45) is -0.00329. The average Bonchev–Trinajstić information content (AvgIpc) is 2.98. The van der Waals surface area contributed by atoms with Crippen molar-refractivity contribution in [3.05, 3.63) is 106 Å². The number of para-hydroxylation sites is 1. The van der Waals surface area contributed by atoms with E-state index >= 15 is 4.39 Å². The third-order valence-electron chi connectivity index (χ3n) is 8.01. The number of halogens is 1. The number of fused-ring (bicyclic) bond motifs is 1. The fourth-order valence-electron chi connectivity index (χ4n) is 5.69. The Morgan fingerprint density at radius 1 is 0.929 bits per heavy atom. The lowest BCUT2D eigenvalue weighted by atomic mass is 10.0. The molecule has 1 N–H and O–H groups in total. The van der Waals surface area contributed by atoms with E-state index in [4.69, 9.17) is 4.74 Å². The van der Waals surface area contributed by atoms with Crippen LogP contribution in [-0.2, 0) is 6.54 Å². The van der Waals surface area contributed by atoms with Crippen molar-refractivity contribution in [2.24, 2.45) is 0 Å². The monoisotopic (exact) mass is 570 g/mol. The number of aromatic nitrogens is 1. The first-order valence-corrected chi connectivity index (χ1v) is 14.6. The molecule has 0 aliphatic carbocycles. The van der Waals surface area contributed by atoms with Crippen LogP contribution in [0.4, 0.5) is 9.18 Å². The fourth-order valence-corrected chi connectivity index (χ4v) is 5.69. The van der Waals surface area contributed by atoms with Gasteiger partial charge in [-0.15, -0.1) is 0 Å². The van der Waals surface area contributed by atoms with Gasteiger partial charge in [-0.1, -0.05) is 67.6 Å². The van der Waals surface area contributed by atoms with Gasteiger partial charge in [-0.25, -0.2) is 9.18 Å². The second kappa shape index (κ2) is 12.5. The number of ether oxygens (including phenoxy) is 1. The molecule has 220 valence electrons. The molecule has 1 aliphatic rings. The molecule has 42 heavy (non-hydrogen) atoms. The standard InChI is InChI=1S/C34H39FN4O3/c1-5-28(24-13-8-6-9-14-24)36-33(41)42-31-26-17-12-18-27(35)30(26)32(40)39(25-15-10-7-11-16-25)29(31)23-37-19-21-38(22-20-37)34(2,3)4/h6-18,28H,5,19-23H2,1-4H3,(H,36,41)/t28-/m0/s1. The minimum atomic E-state index is -0.659. The van der Waals surface area contributed by atoms with Crippen LogP contribution >= 0.6 is 0 Å². The van der Waals surface area contributed by atoms with Crippen LogP contribution in [0.1, 0.15) is 51.4 Å². The van der Waals surface area contributed by atoms with E-state index in [0.717, 1.165) is 31.7 Å². The molecule has 0 unspecified atom stereocenters. The third kappa shape index (κ3) is 6.25. The van der Waals surface area contributed by atoms with E-state index in [-0.39, 0.29) is 28.1 Å². The molecule has 7 nitrogen and oxygen atoms in total. The molecule has 1 amide bonds. The highest BCUT2D eigenvalue weighted by molar-refractivity contribution is 5.91. The van der Waals surface area contributed by atoms with E-state index in [9.17, 15) is 9.59 Å².